The number of alkyl halides is 3. The molecule has 0 saturated heterocycles. The van der Waals surface area contributed by atoms with Gasteiger partial charge >= 0.3 is 6.18 Å². The number of benzene rings is 6. The van der Waals surface area contributed by atoms with Crippen LogP contribution in [0.2, 0.25) is 0 Å². The van der Waals surface area contributed by atoms with Crippen LogP contribution in [-0.4, -0.2) is 18.7 Å². The fourth-order valence-electron chi connectivity index (χ4n) is 6.97. The third-order valence-electron chi connectivity index (χ3n) is 8.87. The smallest absolute Gasteiger partial charge is 0.307 e. The first-order chi connectivity index (χ1) is 23.0. The molecular weight excluding hydrogens is 593 g/mol. The van der Waals surface area contributed by atoms with Gasteiger partial charge in [-0.15, -0.1) is 0 Å². The summed E-state index contributed by atoms with van der Waals surface area (Å²) in [5.41, 5.74) is 5.87. The summed E-state index contributed by atoms with van der Waals surface area (Å²) >= 11 is 0. The molecule has 0 aliphatic heterocycles. The van der Waals surface area contributed by atoms with Crippen molar-refractivity contribution in [2.24, 2.45) is 0 Å². The maximum Gasteiger partial charge on any atom is 0.418 e. The number of hydrogen-bond acceptors (Lipinski definition) is 1. The van der Waals surface area contributed by atoms with Crippen LogP contribution < -0.4 is 0 Å². The van der Waals surface area contributed by atoms with Crippen molar-refractivity contribution in [3.05, 3.63) is 157 Å². The van der Waals surface area contributed by atoms with E-state index in [-0.39, 0.29) is 5.69 Å². The van der Waals surface area contributed by atoms with E-state index in [0.29, 0.717) is 16.7 Å². The maximum absolute atomic E-state index is 14.6. The molecular formula is C40H25F3N4. The van der Waals surface area contributed by atoms with Gasteiger partial charge in [-0.05, 0) is 48.5 Å². The van der Waals surface area contributed by atoms with Crippen molar-refractivity contribution >= 4 is 43.9 Å². The first-order valence-corrected chi connectivity index (χ1v) is 15.3. The molecule has 9 aromatic rings. The monoisotopic (exact) mass is 618 g/mol. The summed E-state index contributed by atoms with van der Waals surface area (Å²) in [4.78, 5) is 5.33. The van der Waals surface area contributed by atoms with Gasteiger partial charge in [-0.3, -0.25) is 9.13 Å². The van der Waals surface area contributed by atoms with Crippen LogP contribution in [0.1, 0.15) is 5.56 Å². The molecule has 0 radical (unpaired) electrons. The van der Waals surface area contributed by atoms with Crippen molar-refractivity contribution in [2.45, 2.75) is 6.18 Å². The standard InChI is InChI=1S/C40H25F3N4/c41-40(42,43)32-21-11-13-23-34(32)47-33-22-12-10-20-29(33)30-24-25-31-36(35(30)47)45(27-16-6-2-7-17-27)39-37(31)46(28-18-8-3-9-19-28)38(44-39)26-14-4-1-5-15-26/h1-25H. The molecule has 3 heterocycles. The molecule has 0 aliphatic rings. The van der Waals surface area contributed by atoms with E-state index < -0.39 is 11.7 Å². The van der Waals surface area contributed by atoms with E-state index in [1.165, 1.54) is 6.07 Å². The zero-order chi connectivity index (χ0) is 31.7. The van der Waals surface area contributed by atoms with Crippen molar-refractivity contribution in [3.8, 4) is 28.5 Å². The number of para-hydroxylation sites is 4. The average molecular weight is 619 g/mol. The van der Waals surface area contributed by atoms with Gasteiger partial charge in [0.1, 0.15) is 11.3 Å². The number of rotatable bonds is 4. The van der Waals surface area contributed by atoms with E-state index in [9.17, 15) is 13.2 Å². The Hall–Kier alpha value is -6.08. The van der Waals surface area contributed by atoms with Crippen LogP contribution in [0.3, 0.4) is 0 Å². The molecule has 0 atom stereocenters. The summed E-state index contributed by atoms with van der Waals surface area (Å²) in [6.07, 6.45) is -4.55. The van der Waals surface area contributed by atoms with Crippen LogP contribution in [0.4, 0.5) is 13.2 Å². The van der Waals surface area contributed by atoms with Gasteiger partial charge < -0.3 is 4.57 Å². The molecule has 0 bridgehead atoms. The topological polar surface area (TPSA) is 27.7 Å². The molecule has 0 amide bonds. The van der Waals surface area contributed by atoms with Crippen LogP contribution in [0.5, 0.6) is 0 Å². The Balaban J connectivity index is 1.54. The summed E-state index contributed by atoms with van der Waals surface area (Å²) < 4.78 is 49.9. The zero-order valence-electron chi connectivity index (χ0n) is 24.9. The van der Waals surface area contributed by atoms with Gasteiger partial charge in [-0.25, -0.2) is 4.98 Å². The van der Waals surface area contributed by atoms with E-state index in [0.717, 1.165) is 56.0 Å². The average Bonchev–Trinajstić information content (AvgIpc) is 3.76. The van der Waals surface area contributed by atoms with Crippen molar-refractivity contribution in [1.82, 2.24) is 18.7 Å². The maximum atomic E-state index is 14.6. The van der Waals surface area contributed by atoms with E-state index in [4.69, 9.17) is 4.98 Å². The van der Waals surface area contributed by atoms with Gasteiger partial charge in [0, 0.05) is 33.1 Å². The Kier molecular flexibility index (Phi) is 5.93. The van der Waals surface area contributed by atoms with E-state index >= 15 is 0 Å². The minimum absolute atomic E-state index is 0.0769. The third-order valence-corrected chi connectivity index (χ3v) is 8.87. The highest BCUT2D eigenvalue weighted by Gasteiger charge is 2.35. The van der Waals surface area contributed by atoms with E-state index in [2.05, 4.69) is 15.2 Å². The minimum atomic E-state index is -4.55. The minimum Gasteiger partial charge on any atom is -0.307 e. The van der Waals surface area contributed by atoms with Gasteiger partial charge in [0.15, 0.2) is 5.65 Å². The molecule has 0 spiro atoms. The summed E-state index contributed by atoms with van der Waals surface area (Å²) in [5, 5.41) is 2.61. The van der Waals surface area contributed by atoms with Crippen LogP contribution in [0.15, 0.2) is 152 Å². The predicted molar refractivity (Wildman–Crippen MR) is 183 cm³/mol. The van der Waals surface area contributed by atoms with Gasteiger partial charge in [-0.2, -0.15) is 13.2 Å². The SMILES string of the molecule is FC(F)(F)c1ccccc1-n1c2ccccc2c2ccc3c4c(nc(-c5ccccc5)n4-c4ccccc4)n(-c4ccccc4)c3c21. The Labute approximate surface area is 267 Å². The lowest BCUT2D eigenvalue weighted by atomic mass is 10.1. The quantitative estimate of drug-likeness (QED) is 0.193. The molecule has 7 heteroatoms. The third kappa shape index (κ3) is 4.06. The van der Waals surface area contributed by atoms with E-state index in [1.54, 1.807) is 16.7 Å². The first-order valence-electron chi connectivity index (χ1n) is 15.3. The van der Waals surface area contributed by atoms with Crippen LogP contribution >= 0.6 is 0 Å². The Bertz CT molecular complexity index is 2590. The number of aromatic nitrogens is 4. The molecule has 0 fully saturated rings. The number of halogens is 3. The van der Waals surface area contributed by atoms with Crippen molar-refractivity contribution in [2.75, 3.05) is 0 Å². The highest BCUT2D eigenvalue weighted by molar-refractivity contribution is 6.23. The summed E-state index contributed by atoms with van der Waals surface area (Å²) in [6.45, 7) is 0. The van der Waals surface area contributed by atoms with Gasteiger partial charge in [-0.1, -0.05) is 103 Å². The lowest BCUT2D eigenvalue weighted by molar-refractivity contribution is -0.137. The number of fused-ring (bicyclic) bond motifs is 7. The molecule has 0 aliphatic carbocycles. The molecule has 0 N–H and O–H groups in total. The molecule has 0 saturated carbocycles. The molecule has 0 unspecified atom stereocenters. The molecule has 6 aromatic carbocycles. The Morgan fingerprint density at radius 3 is 1.70 bits per heavy atom. The fraction of sp³-hybridized carbons (Fsp3) is 0.0250. The predicted octanol–water partition coefficient (Wildman–Crippen LogP) is 10.8. The summed E-state index contributed by atoms with van der Waals surface area (Å²) in [7, 11) is 0. The first kappa shape index (κ1) is 27.2. The number of nitrogens with zero attached hydrogens (tertiary/aromatic N) is 4. The summed E-state index contributed by atoms with van der Waals surface area (Å²) in [6, 6.07) is 47.6. The fourth-order valence-corrected chi connectivity index (χ4v) is 6.97. The number of hydrogen-bond donors (Lipinski definition) is 0. The largest absolute Gasteiger partial charge is 0.418 e. The second-order valence-electron chi connectivity index (χ2n) is 11.5. The Morgan fingerprint density at radius 1 is 0.447 bits per heavy atom. The normalized spacial score (nSPS) is 12.1. The zero-order valence-corrected chi connectivity index (χ0v) is 24.9. The second-order valence-corrected chi connectivity index (χ2v) is 11.5. The lowest BCUT2D eigenvalue weighted by Crippen LogP contribution is -2.11. The molecule has 9 rings (SSSR count). The van der Waals surface area contributed by atoms with Crippen molar-refractivity contribution in [3.63, 3.8) is 0 Å². The van der Waals surface area contributed by atoms with Gasteiger partial charge in [0.2, 0.25) is 0 Å². The van der Waals surface area contributed by atoms with Crippen molar-refractivity contribution < 1.29 is 13.2 Å². The molecule has 4 nitrogen and oxygen atoms in total. The van der Waals surface area contributed by atoms with Gasteiger partial charge in [0.25, 0.3) is 0 Å². The highest BCUT2D eigenvalue weighted by Crippen LogP contribution is 2.45. The van der Waals surface area contributed by atoms with Gasteiger partial charge in [0.05, 0.1) is 27.8 Å². The number of imidazole rings is 1. The lowest BCUT2D eigenvalue weighted by Gasteiger charge is -2.17. The van der Waals surface area contributed by atoms with Crippen molar-refractivity contribution in [1.29, 1.82) is 0 Å². The molecule has 226 valence electrons. The summed E-state index contributed by atoms with van der Waals surface area (Å²) in [5.74, 6) is 0.774. The van der Waals surface area contributed by atoms with Crippen LogP contribution in [0.25, 0.3) is 72.3 Å². The van der Waals surface area contributed by atoms with Crippen LogP contribution in [-0.2, 0) is 6.18 Å². The van der Waals surface area contributed by atoms with E-state index in [1.807, 2.05) is 121 Å². The van der Waals surface area contributed by atoms with Crippen LogP contribution in [0, 0.1) is 0 Å². The highest BCUT2D eigenvalue weighted by atomic mass is 19.4. The molecule has 3 aromatic heterocycles. The molecule has 47 heavy (non-hydrogen) atoms. The second kappa shape index (κ2) is 10.2. The Morgan fingerprint density at radius 2 is 1.00 bits per heavy atom.